The minimum Gasteiger partial charge on any atom is -0.494 e. The number of nitrogens with zero attached hydrogens (tertiary/aromatic N) is 3. The number of aliphatic imine (C=N–C) groups is 1. The molecule has 0 saturated carbocycles. The molecule has 0 aliphatic rings. The molecule has 0 spiro atoms. The maximum atomic E-state index is 13.0. The topological polar surface area (TPSA) is 90.7 Å². The van der Waals surface area contributed by atoms with Gasteiger partial charge in [-0.3, -0.25) is 19.3 Å². The summed E-state index contributed by atoms with van der Waals surface area (Å²) >= 11 is 0. The van der Waals surface area contributed by atoms with Crippen LogP contribution in [0.1, 0.15) is 31.4 Å². The maximum absolute atomic E-state index is 13.0. The molecule has 0 aliphatic carbocycles. The summed E-state index contributed by atoms with van der Waals surface area (Å²) in [6, 6.07) is 5.89. The summed E-state index contributed by atoms with van der Waals surface area (Å²) in [6.45, 7) is 7.71. The van der Waals surface area contributed by atoms with E-state index >= 15 is 0 Å². The number of halogens is 1. The van der Waals surface area contributed by atoms with E-state index in [-0.39, 0.29) is 17.9 Å². The van der Waals surface area contributed by atoms with Gasteiger partial charge in [0.1, 0.15) is 11.4 Å². The number of aromatic amines is 1. The molecular weight excluding hydrogens is 363 g/mol. The zero-order valence-electron chi connectivity index (χ0n) is 16.3. The van der Waals surface area contributed by atoms with Crippen molar-refractivity contribution >= 4 is 6.21 Å². The number of aromatic hydroxyl groups is 1. The van der Waals surface area contributed by atoms with Crippen molar-refractivity contribution in [2.45, 2.75) is 33.2 Å². The summed E-state index contributed by atoms with van der Waals surface area (Å²) < 4.78 is 14.1. The van der Waals surface area contributed by atoms with Gasteiger partial charge in [0, 0.05) is 19.3 Å². The number of hydrogen-bond donors (Lipinski definition) is 2. The zero-order chi connectivity index (χ0) is 20.5. The highest BCUT2D eigenvalue weighted by atomic mass is 19.1. The monoisotopic (exact) mass is 390 g/mol. The van der Waals surface area contributed by atoms with Crippen molar-refractivity contribution in [1.82, 2.24) is 14.5 Å². The van der Waals surface area contributed by atoms with Crippen LogP contribution in [0.25, 0.3) is 0 Å². The molecule has 0 unspecified atom stereocenters. The Hall–Kier alpha value is -2.74. The van der Waals surface area contributed by atoms with E-state index in [4.69, 9.17) is 0 Å². The van der Waals surface area contributed by atoms with Gasteiger partial charge in [0.15, 0.2) is 0 Å². The molecule has 1 heterocycles. The van der Waals surface area contributed by atoms with Gasteiger partial charge in [0.25, 0.3) is 5.56 Å². The van der Waals surface area contributed by atoms with Crippen LogP contribution in [0, 0.1) is 5.82 Å². The van der Waals surface area contributed by atoms with Crippen LogP contribution in [0.5, 0.6) is 5.88 Å². The molecule has 0 aliphatic heterocycles. The first-order chi connectivity index (χ1) is 13.5. The quantitative estimate of drug-likeness (QED) is 0.478. The molecule has 0 atom stereocenters. The van der Waals surface area contributed by atoms with Crippen molar-refractivity contribution < 1.29 is 9.50 Å². The Morgan fingerprint density at radius 2 is 1.89 bits per heavy atom. The zero-order valence-corrected chi connectivity index (χ0v) is 16.3. The van der Waals surface area contributed by atoms with Gasteiger partial charge in [-0.15, -0.1) is 0 Å². The molecule has 7 nitrogen and oxygen atoms in total. The first kappa shape index (κ1) is 21.6. The van der Waals surface area contributed by atoms with Crippen LogP contribution in [-0.4, -0.2) is 52.0 Å². The molecule has 2 rings (SSSR count). The van der Waals surface area contributed by atoms with E-state index < -0.39 is 17.1 Å². The van der Waals surface area contributed by atoms with Crippen molar-refractivity contribution in [3.63, 3.8) is 0 Å². The molecule has 0 fully saturated rings. The lowest BCUT2D eigenvalue weighted by Crippen LogP contribution is -2.32. The van der Waals surface area contributed by atoms with Crippen molar-refractivity contribution in [2.75, 3.05) is 26.2 Å². The Morgan fingerprint density at radius 3 is 2.54 bits per heavy atom. The number of aryl methyl sites for hydroxylation is 1. The Kier molecular flexibility index (Phi) is 8.13. The summed E-state index contributed by atoms with van der Waals surface area (Å²) in [5.74, 6) is -0.754. The van der Waals surface area contributed by atoms with Crippen molar-refractivity contribution in [3.05, 3.63) is 62.0 Å². The second kappa shape index (κ2) is 10.6. The second-order valence-electron chi connectivity index (χ2n) is 6.44. The minimum atomic E-state index is -0.691. The predicted molar refractivity (Wildman–Crippen MR) is 108 cm³/mol. The first-order valence-electron chi connectivity index (χ1n) is 9.49. The molecule has 2 aromatic rings. The standard InChI is InChI=1S/C20H27FN4O3/c1-3-24(4-2)12-5-11-22-14-17-18(26)23-20(28)25(19(17)27)13-10-15-6-8-16(21)9-7-15/h6-9,14,27H,3-5,10-13H2,1-2H3,(H,23,26,28). The maximum Gasteiger partial charge on any atom is 0.331 e. The summed E-state index contributed by atoms with van der Waals surface area (Å²) in [5.41, 5.74) is -0.594. The van der Waals surface area contributed by atoms with Gasteiger partial charge in [0.05, 0.1) is 0 Å². The Balaban J connectivity index is 2.07. The lowest BCUT2D eigenvalue weighted by molar-refractivity contribution is 0.302. The highest BCUT2D eigenvalue weighted by Gasteiger charge is 2.12. The fraction of sp³-hybridized carbons (Fsp3) is 0.450. The van der Waals surface area contributed by atoms with Crippen LogP contribution in [0.3, 0.4) is 0 Å². The van der Waals surface area contributed by atoms with Gasteiger partial charge in [-0.25, -0.2) is 9.18 Å². The van der Waals surface area contributed by atoms with E-state index in [1.54, 1.807) is 12.1 Å². The average Bonchev–Trinajstić information content (AvgIpc) is 2.68. The highest BCUT2D eigenvalue weighted by molar-refractivity contribution is 5.81. The van der Waals surface area contributed by atoms with Crippen LogP contribution < -0.4 is 11.2 Å². The second-order valence-corrected chi connectivity index (χ2v) is 6.44. The van der Waals surface area contributed by atoms with Crippen molar-refractivity contribution in [1.29, 1.82) is 0 Å². The smallest absolute Gasteiger partial charge is 0.331 e. The first-order valence-corrected chi connectivity index (χ1v) is 9.49. The van der Waals surface area contributed by atoms with E-state index in [2.05, 4.69) is 28.7 Å². The van der Waals surface area contributed by atoms with Crippen molar-refractivity contribution in [2.24, 2.45) is 4.99 Å². The molecule has 2 N–H and O–H groups in total. The molecule has 0 radical (unpaired) electrons. The molecule has 152 valence electrons. The SMILES string of the molecule is CCN(CC)CCCN=Cc1c(O)n(CCc2ccc(F)cc2)c(=O)[nH]c1=O. The number of benzene rings is 1. The summed E-state index contributed by atoms with van der Waals surface area (Å²) in [4.78, 5) is 32.8. The van der Waals surface area contributed by atoms with E-state index in [1.807, 2.05) is 0 Å². The van der Waals surface area contributed by atoms with E-state index in [9.17, 15) is 19.1 Å². The number of rotatable bonds is 10. The fourth-order valence-electron chi connectivity index (χ4n) is 2.87. The third-order valence-electron chi connectivity index (χ3n) is 4.62. The lowest BCUT2D eigenvalue weighted by atomic mass is 10.1. The van der Waals surface area contributed by atoms with Crippen LogP contribution >= 0.6 is 0 Å². The van der Waals surface area contributed by atoms with Gasteiger partial charge in [-0.2, -0.15) is 0 Å². The summed E-state index contributed by atoms with van der Waals surface area (Å²) in [5, 5.41) is 10.4. The van der Waals surface area contributed by atoms with E-state index in [0.29, 0.717) is 13.0 Å². The molecule has 28 heavy (non-hydrogen) atoms. The molecular formula is C20H27FN4O3. The van der Waals surface area contributed by atoms with Gasteiger partial charge in [0.2, 0.25) is 5.88 Å². The minimum absolute atomic E-state index is 0.0402. The largest absolute Gasteiger partial charge is 0.494 e. The third kappa shape index (κ3) is 5.88. The van der Waals surface area contributed by atoms with Gasteiger partial charge >= 0.3 is 5.69 Å². The normalized spacial score (nSPS) is 11.6. The Morgan fingerprint density at radius 1 is 1.21 bits per heavy atom. The van der Waals surface area contributed by atoms with Crippen LogP contribution in [-0.2, 0) is 13.0 Å². The number of aromatic nitrogens is 2. The predicted octanol–water partition coefficient (Wildman–Crippen LogP) is 1.77. The highest BCUT2D eigenvalue weighted by Crippen LogP contribution is 2.10. The molecule has 0 amide bonds. The Labute approximate surface area is 163 Å². The molecule has 0 saturated heterocycles. The fourth-order valence-corrected chi connectivity index (χ4v) is 2.87. The lowest BCUT2D eigenvalue weighted by Gasteiger charge is -2.16. The van der Waals surface area contributed by atoms with Crippen LogP contribution in [0.4, 0.5) is 4.39 Å². The average molecular weight is 390 g/mol. The van der Waals surface area contributed by atoms with E-state index in [0.717, 1.165) is 36.2 Å². The van der Waals surface area contributed by atoms with Crippen molar-refractivity contribution in [3.8, 4) is 5.88 Å². The van der Waals surface area contributed by atoms with Gasteiger partial charge in [-0.05, 0) is 50.2 Å². The van der Waals surface area contributed by atoms with Gasteiger partial charge < -0.3 is 10.0 Å². The summed E-state index contributed by atoms with van der Waals surface area (Å²) in [6.07, 6.45) is 2.55. The van der Waals surface area contributed by atoms with Gasteiger partial charge in [-0.1, -0.05) is 26.0 Å². The molecule has 1 aromatic heterocycles. The number of nitrogens with one attached hydrogen (secondary N) is 1. The summed E-state index contributed by atoms with van der Waals surface area (Å²) in [7, 11) is 0. The van der Waals surface area contributed by atoms with Crippen LogP contribution in [0.15, 0.2) is 38.8 Å². The van der Waals surface area contributed by atoms with E-state index in [1.165, 1.54) is 18.3 Å². The molecule has 1 aromatic carbocycles. The van der Waals surface area contributed by atoms with Crippen LogP contribution in [0.2, 0.25) is 0 Å². The third-order valence-corrected chi connectivity index (χ3v) is 4.62. The Bertz CT molecular complexity index is 899. The molecule has 8 heteroatoms. The number of hydrogen-bond acceptors (Lipinski definition) is 5. The molecule has 0 bridgehead atoms. The number of H-pyrrole nitrogens is 1.